The summed E-state index contributed by atoms with van der Waals surface area (Å²) in [6.07, 6.45) is 1.67. The predicted molar refractivity (Wildman–Crippen MR) is 85.0 cm³/mol. The SMILES string of the molecule is O=C(O)c1cnc(C(=O)N2CCOC(c3ccc(F)cc3Cl)C2)cn1. The molecule has 0 bridgehead atoms. The van der Waals surface area contributed by atoms with Crippen LogP contribution in [0.5, 0.6) is 0 Å². The average molecular weight is 366 g/mol. The molecule has 9 heteroatoms. The Labute approximate surface area is 147 Å². The molecule has 1 aliphatic rings. The number of ether oxygens (including phenoxy) is 1. The summed E-state index contributed by atoms with van der Waals surface area (Å²) in [7, 11) is 0. The van der Waals surface area contributed by atoms with Crippen molar-refractivity contribution in [3.63, 3.8) is 0 Å². The van der Waals surface area contributed by atoms with E-state index in [4.69, 9.17) is 21.4 Å². The third kappa shape index (κ3) is 3.75. The van der Waals surface area contributed by atoms with Gasteiger partial charge in [0.15, 0.2) is 5.69 Å². The zero-order valence-corrected chi connectivity index (χ0v) is 13.6. The van der Waals surface area contributed by atoms with E-state index < -0.39 is 23.8 Å². The number of hydrogen-bond acceptors (Lipinski definition) is 5. The van der Waals surface area contributed by atoms with Gasteiger partial charge in [0.2, 0.25) is 0 Å². The summed E-state index contributed by atoms with van der Waals surface area (Å²) < 4.78 is 18.8. The molecule has 0 radical (unpaired) electrons. The van der Waals surface area contributed by atoms with Gasteiger partial charge < -0.3 is 14.7 Å². The van der Waals surface area contributed by atoms with E-state index in [9.17, 15) is 14.0 Å². The molecule has 1 atom stereocenters. The molecule has 25 heavy (non-hydrogen) atoms. The Morgan fingerprint density at radius 2 is 2.00 bits per heavy atom. The molecule has 1 N–H and O–H groups in total. The molecule has 1 aromatic carbocycles. The van der Waals surface area contributed by atoms with Crippen LogP contribution in [0.1, 0.15) is 32.6 Å². The number of carboxylic acids is 1. The van der Waals surface area contributed by atoms with Crippen molar-refractivity contribution in [1.29, 1.82) is 0 Å². The van der Waals surface area contributed by atoms with Gasteiger partial charge in [0, 0.05) is 17.1 Å². The highest BCUT2D eigenvalue weighted by Gasteiger charge is 2.28. The second-order valence-electron chi connectivity index (χ2n) is 5.37. The zero-order valence-electron chi connectivity index (χ0n) is 12.9. The minimum absolute atomic E-state index is 0.0378. The Hall–Kier alpha value is -2.58. The molecule has 130 valence electrons. The van der Waals surface area contributed by atoms with Gasteiger partial charge in [-0.3, -0.25) is 4.79 Å². The van der Waals surface area contributed by atoms with Crippen molar-refractivity contribution in [3.8, 4) is 0 Å². The molecule has 2 aromatic rings. The third-order valence-corrected chi connectivity index (χ3v) is 4.08. The van der Waals surface area contributed by atoms with Gasteiger partial charge in [-0.1, -0.05) is 17.7 Å². The van der Waals surface area contributed by atoms with Gasteiger partial charge in [-0.2, -0.15) is 0 Å². The van der Waals surface area contributed by atoms with Crippen LogP contribution < -0.4 is 0 Å². The van der Waals surface area contributed by atoms with Crippen LogP contribution in [0.3, 0.4) is 0 Å². The Morgan fingerprint density at radius 3 is 2.64 bits per heavy atom. The van der Waals surface area contributed by atoms with Crippen LogP contribution >= 0.6 is 11.6 Å². The molecule has 7 nitrogen and oxygen atoms in total. The molecule has 1 aromatic heterocycles. The van der Waals surface area contributed by atoms with E-state index >= 15 is 0 Å². The minimum atomic E-state index is -1.22. The fraction of sp³-hybridized carbons (Fsp3) is 0.250. The molecule has 0 saturated carbocycles. The Morgan fingerprint density at radius 1 is 1.28 bits per heavy atom. The summed E-state index contributed by atoms with van der Waals surface area (Å²) in [6.45, 7) is 0.841. The molecule has 1 unspecified atom stereocenters. The van der Waals surface area contributed by atoms with Crippen LogP contribution in [0.25, 0.3) is 0 Å². The molecule has 2 heterocycles. The highest BCUT2D eigenvalue weighted by atomic mass is 35.5. The normalized spacial score (nSPS) is 17.4. The van der Waals surface area contributed by atoms with Crippen molar-refractivity contribution in [2.75, 3.05) is 19.7 Å². The molecule has 0 aliphatic carbocycles. The molecule has 1 amide bonds. The summed E-state index contributed by atoms with van der Waals surface area (Å²) >= 11 is 6.05. The standard InChI is InChI=1S/C16H13ClFN3O4/c17-11-5-9(18)1-2-10(11)14-8-21(3-4-25-14)15(22)12-6-20-13(7-19-12)16(23)24/h1-2,5-7,14H,3-4,8H2,(H,23,24). The van der Waals surface area contributed by atoms with Gasteiger partial charge in [-0.05, 0) is 12.1 Å². The van der Waals surface area contributed by atoms with Crippen LogP contribution in [-0.4, -0.2) is 51.5 Å². The monoisotopic (exact) mass is 365 g/mol. The summed E-state index contributed by atoms with van der Waals surface area (Å²) in [5.41, 5.74) is 0.387. The Bertz CT molecular complexity index is 816. The smallest absolute Gasteiger partial charge is 0.356 e. The lowest BCUT2D eigenvalue weighted by atomic mass is 10.1. The highest BCUT2D eigenvalue weighted by molar-refractivity contribution is 6.31. The van der Waals surface area contributed by atoms with Gasteiger partial charge in [0.05, 0.1) is 25.5 Å². The number of carbonyl (C=O) groups excluding carboxylic acids is 1. The first-order chi connectivity index (χ1) is 12.0. The summed E-state index contributed by atoms with van der Waals surface area (Å²) in [6, 6.07) is 4.00. The number of rotatable bonds is 3. The molecule has 3 rings (SSSR count). The number of nitrogens with zero attached hydrogens (tertiary/aromatic N) is 3. The second kappa shape index (κ2) is 7.12. The second-order valence-corrected chi connectivity index (χ2v) is 5.78. The van der Waals surface area contributed by atoms with Crippen molar-refractivity contribution >= 4 is 23.5 Å². The fourth-order valence-corrected chi connectivity index (χ4v) is 2.78. The van der Waals surface area contributed by atoms with Gasteiger partial charge in [-0.15, -0.1) is 0 Å². The summed E-state index contributed by atoms with van der Waals surface area (Å²) in [5, 5.41) is 9.04. The topological polar surface area (TPSA) is 92.6 Å². The number of aromatic nitrogens is 2. The Kier molecular flexibility index (Phi) is 4.91. The number of hydrogen-bond donors (Lipinski definition) is 1. The zero-order chi connectivity index (χ0) is 18.0. The van der Waals surface area contributed by atoms with E-state index in [0.717, 1.165) is 12.4 Å². The number of carboxylic acid groups (broad SMARTS) is 1. The van der Waals surface area contributed by atoms with Crippen LogP contribution in [0.2, 0.25) is 5.02 Å². The van der Waals surface area contributed by atoms with Gasteiger partial charge in [-0.25, -0.2) is 19.2 Å². The lowest BCUT2D eigenvalue weighted by Crippen LogP contribution is -2.42. The maximum atomic E-state index is 13.2. The van der Waals surface area contributed by atoms with Crippen LogP contribution in [-0.2, 0) is 4.74 Å². The number of morpholine rings is 1. The largest absolute Gasteiger partial charge is 0.476 e. The fourth-order valence-electron chi connectivity index (χ4n) is 2.50. The summed E-state index contributed by atoms with van der Waals surface area (Å²) in [5.74, 6) is -2.06. The van der Waals surface area contributed by atoms with Crippen molar-refractivity contribution in [2.45, 2.75) is 6.10 Å². The minimum Gasteiger partial charge on any atom is -0.476 e. The van der Waals surface area contributed by atoms with Crippen molar-refractivity contribution in [3.05, 3.63) is 58.4 Å². The number of benzene rings is 1. The number of amides is 1. The van der Waals surface area contributed by atoms with Crippen molar-refractivity contribution in [2.24, 2.45) is 0 Å². The van der Waals surface area contributed by atoms with Gasteiger partial charge in [0.1, 0.15) is 17.6 Å². The maximum Gasteiger partial charge on any atom is 0.356 e. The van der Waals surface area contributed by atoms with Gasteiger partial charge >= 0.3 is 5.97 Å². The summed E-state index contributed by atoms with van der Waals surface area (Å²) in [4.78, 5) is 32.4. The van der Waals surface area contributed by atoms with Gasteiger partial charge in [0.25, 0.3) is 5.91 Å². The number of halogens is 2. The first-order valence-corrected chi connectivity index (χ1v) is 7.74. The maximum absolute atomic E-state index is 13.2. The molecule has 1 saturated heterocycles. The first-order valence-electron chi connectivity index (χ1n) is 7.37. The molecule has 1 fully saturated rings. The quantitative estimate of drug-likeness (QED) is 0.896. The van der Waals surface area contributed by atoms with E-state index in [2.05, 4.69) is 9.97 Å². The highest BCUT2D eigenvalue weighted by Crippen LogP contribution is 2.29. The van der Waals surface area contributed by atoms with E-state index in [1.165, 1.54) is 23.1 Å². The third-order valence-electron chi connectivity index (χ3n) is 3.75. The molecule has 0 spiro atoms. The van der Waals surface area contributed by atoms with E-state index in [0.29, 0.717) is 12.1 Å². The van der Waals surface area contributed by atoms with E-state index in [1.807, 2.05) is 0 Å². The first kappa shape index (κ1) is 17.2. The Balaban J connectivity index is 1.76. The molecular weight excluding hydrogens is 353 g/mol. The average Bonchev–Trinajstić information content (AvgIpc) is 2.61. The molecular formula is C16H13ClFN3O4. The number of aromatic carboxylic acids is 1. The van der Waals surface area contributed by atoms with Crippen LogP contribution in [0, 0.1) is 5.82 Å². The van der Waals surface area contributed by atoms with E-state index in [1.54, 1.807) is 0 Å². The van der Waals surface area contributed by atoms with Crippen LogP contribution in [0.4, 0.5) is 4.39 Å². The van der Waals surface area contributed by atoms with Crippen molar-refractivity contribution in [1.82, 2.24) is 14.9 Å². The number of carbonyl (C=O) groups is 2. The van der Waals surface area contributed by atoms with Crippen LogP contribution in [0.15, 0.2) is 30.6 Å². The van der Waals surface area contributed by atoms with E-state index in [-0.39, 0.29) is 29.6 Å². The predicted octanol–water partition coefficient (Wildman–Crippen LogP) is 2.18. The lowest BCUT2D eigenvalue weighted by Gasteiger charge is -2.33. The molecule has 1 aliphatic heterocycles. The lowest BCUT2D eigenvalue weighted by molar-refractivity contribution is -0.0230. The van der Waals surface area contributed by atoms with Crippen molar-refractivity contribution < 1.29 is 23.8 Å².